The van der Waals surface area contributed by atoms with Crippen molar-refractivity contribution in [2.75, 3.05) is 39.3 Å². The molecule has 0 radical (unpaired) electrons. The monoisotopic (exact) mass is 479 g/mol. The van der Waals surface area contributed by atoms with Crippen LogP contribution < -0.4 is 0 Å². The van der Waals surface area contributed by atoms with Crippen molar-refractivity contribution in [2.45, 2.75) is 30.7 Å². The zero-order valence-corrected chi connectivity index (χ0v) is 19.4. The van der Waals surface area contributed by atoms with E-state index in [-0.39, 0.29) is 16.6 Å². The number of nitrogens with zero attached hydrogens (tertiary/aromatic N) is 3. The van der Waals surface area contributed by atoms with Crippen LogP contribution in [0.3, 0.4) is 0 Å². The number of rotatable bonds is 5. The van der Waals surface area contributed by atoms with Crippen LogP contribution in [0.4, 0.5) is 4.39 Å². The molecule has 32 heavy (non-hydrogen) atoms. The van der Waals surface area contributed by atoms with Gasteiger partial charge in [-0.05, 0) is 48.7 Å². The molecule has 0 saturated carbocycles. The molecule has 0 bridgehead atoms. The highest BCUT2D eigenvalue weighted by Crippen LogP contribution is 2.23. The van der Waals surface area contributed by atoms with E-state index in [9.17, 15) is 17.6 Å². The van der Waals surface area contributed by atoms with Gasteiger partial charge < -0.3 is 4.90 Å². The highest BCUT2D eigenvalue weighted by molar-refractivity contribution is 7.89. The third-order valence-corrected chi connectivity index (χ3v) is 8.35. The van der Waals surface area contributed by atoms with E-state index < -0.39 is 10.0 Å². The van der Waals surface area contributed by atoms with E-state index in [0.717, 1.165) is 24.8 Å². The quantitative estimate of drug-likeness (QED) is 0.657. The van der Waals surface area contributed by atoms with Crippen LogP contribution in [-0.4, -0.2) is 67.7 Å². The lowest BCUT2D eigenvalue weighted by Gasteiger charge is -2.35. The van der Waals surface area contributed by atoms with Crippen LogP contribution >= 0.6 is 11.6 Å². The van der Waals surface area contributed by atoms with Gasteiger partial charge in [0.2, 0.25) is 10.0 Å². The Morgan fingerprint density at radius 3 is 2.34 bits per heavy atom. The van der Waals surface area contributed by atoms with Gasteiger partial charge in [0, 0.05) is 56.4 Å². The minimum atomic E-state index is -3.58. The second-order valence-electron chi connectivity index (χ2n) is 8.30. The average molecular weight is 480 g/mol. The molecule has 0 atom stereocenters. The normalized spacial score (nSPS) is 18.6. The van der Waals surface area contributed by atoms with Gasteiger partial charge in [-0.3, -0.25) is 9.69 Å². The third-order valence-electron chi connectivity index (χ3n) is 6.10. The first-order valence-electron chi connectivity index (χ1n) is 10.9. The number of sulfonamides is 1. The minimum absolute atomic E-state index is 0.167. The van der Waals surface area contributed by atoms with Gasteiger partial charge in [0.25, 0.3) is 5.91 Å². The summed E-state index contributed by atoms with van der Waals surface area (Å²) in [6.45, 7) is 4.02. The molecule has 0 spiro atoms. The highest BCUT2D eigenvalue weighted by atomic mass is 35.5. The summed E-state index contributed by atoms with van der Waals surface area (Å²) >= 11 is 6.13. The summed E-state index contributed by atoms with van der Waals surface area (Å²) in [7, 11) is -3.58. The molecule has 2 fully saturated rings. The molecule has 0 aromatic heterocycles. The fraction of sp³-hybridized carbons (Fsp3) is 0.435. The van der Waals surface area contributed by atoms with Gasteiger partial charge >= 0.3 is 0 Å². The molecule has 1 amide bonds. The number of halogens is 2. The lowest BCUT2D eigenvalue weighted by Crippen LogP contribution is -2.48. The van der Waals surface area contributed by atoms with Gasteiger partial charge in [-0.1, -0.05) is 30.2 Å². The Kier molecular flexibility index (Phi) is 7.14. The summed E-state index contributed by atoms with van der Waals surface area (Å²) in [6, 6.07) is 10.7. The fourth-order valence-electron chi connectivity index (χ4n) is 4.23. The molecule has 2 saturated heterocycles. The molecule has 2 aromatic carbocycles. The summed E-state index contributed by atoms with van der Waals surface area (Å²) in [5, 5.41) is 0.398. The highest BCUT2D eigenvalue weighted by Gasteiger charge is 2.28. The van der Waals surface area contributed by atoms with Gasteiger partial charge in [-0.2, -0.15) is 4.31 Å². The predicted molar refractivity (Wildman–Crippen MR) is 122 cm³/mol. The summed E-state index contributed by atoms with van der Waals surface area (Å²) < 4.78 is 40.7. The Hall–Kier alpha value is -2.00. The number of piperazine rings is 1. The van der Waals surface area contributed by atoms with Gasteiger partial charge in [0.15, 0.2) is 0 Å². The molecule has 2 aliphatic heterocycles. The first-order chi connectivity index (χ1) is 15.3. The molecule has 4 rings (SSSR count). The first-order valence-corrected chi connectivity index (χ1v) is 12.7. The average Bonchev–Trinajstić information content (AvgIpc) is 2.81. The van der Waals surface area contributed by atoms with Gasteiger partial charge in [0.05, 0.1) is 4.90 Å². The van der Waals surface area contributed by atoms with Gasteiger partial charge in [-0.15, -0.1) is 0 Å². The summed E-state index contributed by atoms with van der Waals surface area (Å²) in [5.41, 5.74) is 1.24. The van der Waals surface area contributed by atoms with Crippen LogP contribution in [-0.2, 0) is 16.6 Å². The van der Waals surface area contributed by atoms with Crippen molar-refractivity contribution in [1.82, 2.24) is 14.1 Å². The number of carbonyl (C=O) groups excluding carboxylic acids is 1. The number of hydrogen-bond donors (Lipinski definition) is 0. The van der Waals surface area contributed by atoms with E-state index >= 15 is 0 Å². The molecule has 9 heteroatoms. The maximum atomic E-state index is 13.3. The zero-order chi connectivity index (χ0) is 22.7. The maximum Gasteiger partial charge on any atom is 0.253 e. The van der Waals surface area contributed by atoms with Gasteiger partial charge in [0.1, 0.15) is 5.82 Å². The zero-order valence-electron chi connectivity index (χ0n) is 17.8. The lowest BCUT2D eigenvalue weighted by atomic mass is 10.1. The SMILES string of the molecule is O=C(c1cccc(S(=O)(=O)N2CCCCC2)c1)N1CCN(Cc2ccc(F)cc2Cl)CC1. The molecule has 6 nitrogen and oxygen atoms in total. The Balaban J connectivity index is 1.39. The largest absolute Gasteiger partial charge is 0.336 e. The summed E-state index contributed by atoms with van der Waals surface area (Å²) in [6.07, 6.45) is 2.78. The summed E-state index contributed by atoms with van der Waals surface area (Å²) in [5.74, 6) is -0.529. The Bertz CT molecular complexity index is 1080. The Morgan fingerprint density at radius 2 is 1.66 bits per heavy atom. The minimum Gasteiger partial charge on any atom is -0.336 e. The van der Waals surface area contributed by atoms with E-state index in [2.05, 4.69) is 4.90 Å². The van der Waals surface area contributed by atoms with Crippen LogP contribution in [0.5, 0.6) is 0 Å². The number of amides is 1. The standard InChI is InChI=1S/C23H27ClFN3O3S/c24-22-16-20(25)8-7-19(22)17-26-11-13-27(14-12-26)23(29)18-5-4-6-21(15-18)32(30,31)28-9-2-1-3-10-28/h4-8,15-16H,1-3,9-14,17H2. The third kappa shape index (κ3) is 5.14. The first kappa shape index (κ1) is 23.2. The van der Waals surface area contributed by atoms with Crippen LogP contribution in [0.1, 0.15) is 35.2 Å². The van der Waals surface area contributed by atoms with Gasteiger partial charge in [-0.25, -0.2) is 12.8 Å². The molecular formula is C23H27ClFN3O3S. The molecule has 2 aliphatic rings. The van der Waals surface area contributed by atoms with Crippen LogP contribution in [0.15, 0.2) is 47.4 Å². The topological polar surface area (TPSA) is 60.9 Å². The second kappa shape index (κ2) is 9.87. The van der Waals surface area contributed by atoms with Crippen molar-refractivity contribution in [3.63, 3.8) is 0 Å². The van der Waals surface area contributed by atoms with Crippen LogP contribution in [0.25, 0.3) is 0 Å². The van der Waals surface area contributed by atoms with Crippen molar-refractivity contribution in [3.8, 4) is 0 Å². The maximum absolute atomic E-state index is 13.3. The van der Waals surface area contributed by atoms with E-state index in [4.69, 9.17) is 11.6 Å². The number of carbonyl (C=O) groups is 1. The molecule has 2 aromatic rings. The molecule has 2 heterocycles. The molecule has 172 valence electrons. The number of piperidine rings is 1. The molecular weight excluding hydrogens is 453 g/mol. The van der Waals surface area contributed by atoms with E-state index in [1.54, 1.807) is 29.2 Å². The number of hydrogen-bond acceptors (Lipinski definition) is 4. The lowest BCUT2D eigenvalue weighted by molar-refractivity contribution is 0.0628. The Morgan fingerprint density at radius 1 is 0.938 bits per heavy atom. The molecule has 0 N–H and O–H groups in total. The molecule has 0 aliphatic carbocycles. The van der Waals surface area contributed by atoms with Crippen molar-refractivity contribution >= 4 is 27.5 Å². The van der Waals surface area contributed by atoms with Crippen LogP contribution in [0.2, 0.25) is 5.02 Å². The van der Waals surface area contributed by atoms with E-state index in [1.165, 1.54) is 22.5 Å². The Labute approximate surface area is 193 Å². The predicted octanol–water partition coefficient (Wildman–Crippen LogP) is 3.61. The van der Waals surface area contributed by atoms with E-state index in [1.807, 2.05) is 0 Å². The second-order valence-corrected chi connectivity index (χ2v) is 10.6. The summed E-state index contributed by atoms with van der Waals surface area (Å²) in [4.78, 5) is 17.1. The smallest absolute Gasteiger partial charge is 0.253 e. The van der Waals surface area contributed by atoms with E-state index in [0.29, 0.717) is 56.4 Å². The van der Waals surface area contributed by atoms with Crippen molar-refractivity contribution in [2.24, 2.45) is 0 Å². The van der Waals surface area contributed by atoms with Crippen molar-refractivity contribution < 1.29 is 17.6 Å². The van der Waals surface area contributed by atoms with Crippen LogP contribution in [0, 0.1) is 5.82 Å². The van der Waals surface area contributed by atoms with Crippen molar-refractivity contribution in [1.29, 1.82) is 0 Å². The fourth-order valence-corrected chi connectivity index (χ4v) is 6.02. The van der Waals surface area contributed by atoms with Crippen molar-refractivity contribution in [3.05, 3.63) is 64.4 Å². The number of benzene rings is 2. The molecule has 0 unspecified atom stereocenters.